The number of benzene rings is 2. The van der Waals surface area contributed by atoms with Crippen molar-refractivity contribution in [2.45, 2.75) is 162 Å². The number of aryl methyl sites for hydroxylation is 4. The first kappa shape index (κ1) is 35.2. The van der Waals surface area contributed by atoms with Crippen LogP contribution < -0.4 is 9.47 Å². The zero-order valence-corrected chi connectivity index (χ0v) is 29.4. The Morgan fingerprint density at radius 2 is 1.29 bits per heavy atom. The molecule has 2 saturated heterocycles. The Hall–Kier alpha value is -2.66. The fourth-order valence-corrected chi connectivity index (χ4v) is 7.62. The predicted molar refractivity (Wildman–Crippen MR) is 185 cm³/mol. The molecule has 2 aliphatic heterocycles. The Kier molecular flexibility index (Phi) is 12.7. The molecular weight excluding hydrogens is 558 g/mol. The molecule has 2 aliphatic rings. The molecule has 45 heavy (non-hydrogen) atoms. The van der Waals surface area contributed by atoms with E-state index in [1.807, 2.05) is 0 Å². The number of piperidine rings is 1. The maximum Gasteiger partial charge on any atom is 0.167 e. The van der Waals surface area contributed by atoms with Crippen LogP contribution in [-0.4, -0.2) is 41.4 Å². The second-order valence-electron chi connectivity index (χ2n) is 13.7. The maximum absolute atomic E-state index is 12.8. The minimum absolute atomic E-state index is 0.00778. The van der Waals surface area contributed by atoms with Crippen molar-refractivity contribution in [1.29, 1.82) is 0 Å². The van der Waals surface area contributed by atoms with Crippen LogP contribution in [0.25, 0.3) is 0 Å². The van der Waals surface area contributed by atoms with Gasteiger partial charge in [0.1, 0.15) is 17.6 Å². The summed E-state index contributed by atoms with van der Waals surface area (Å²) in [4.78, 5) is 27.8. The van der Waals surface area contributed by atoms with Crippen LogP contribution in [0.4, 0.5) is 0 Å². The van der Waals surface area contributed by atoms with Gasteiger partial charge in [-0.05, 0) is 132 Å². The first-order valence-electron chi connectivity index (χ1n) is 18.1. The summed E-state index contributed by atoms with van der Waals surface area (Å²) in [6.45, 7) is 12.2. The van der Waals surface area contributed by atoms with Crippen LogP contribution >= 0.6 is 0 Å². The Balaban J connectivity index is 1.69. The quantitative estimate of drug-likeness (QED) is 0.156. The summed E-state index contributed by atoms with van der Waals surface area (Å²) in [5.41, 5.74) is 5.89. The Morgan fingerprint density at radius 3 is 1.76 bits per heavy atom. The second kappa shape index (κ2) is 16.3. The summed E-state index contributed by atoms with van der Waals surface area (Å²) in [6.07, 6.45) is 16.2. The van der Waals surface area contributed by atoms with Crippen LogP contribution in [0.15, 0.2) is 24.3 Å². The van der Waals surface area contributed by atoms with Gasteiger partial charge in [-0.25, -0.2) is 0 Å². The van der Waals surface area contributed by atoms with E-state index in [0.717, 1.165) is 136 Å². The number of ether oxygens (including phenoxy) is 2. The lowest BCUT2D eigenvalue weighted by molar-refractivity contribution is -0.0835. The number of fused-ring (bicyclic) bond motifs is 2. The predicted octanol–water partition coefficient (Wildman–Crippen LogP) is 9.87. The van der Waals surface area contributed by atoms with Crippen molar-refractivity contribution in [1.82, 2.24) is 4.90 Å². The zero-order chi connectivity index (χ0) is 32.6. The molecule has 5 nitrogen and oxygen atoms in total. The molecule has 4 rings (SSSR count). The smallest absolute Gasteiger partial charge is 0.167 e. The third-order valence-corrected chi connectivity index (χ3v) is 10.2. The number of Topliss-reactive ketones (excluding diaryl/α,β-unsaturated/α-hetero) is 2. The van der Waals surface area contributed by atoms with Crippen molar-refractivity contribution in [3.05, 3.63) is 57.6 Å². The molecule has 0 aliphatic carbocycles. The zero-order valence-electron chi connectivity index (χ0n) is 29.4. The molecule has 2 fully saturated rings. The van der Waals surface area contributed by atoms with Crippen molar-refractivity contribution in [3.63, 3.8) is 0 Å². The van der Waals surface area contributed by atoms with Gasteiger partial charge in [0.2, 0.25) is 0 Å². The highest BCUT2D eigenvalue weighted by Crippen LogP contribution is 2.47. The van der Waals surface area contributed by atoms with Gasteiger partial charge in [0.15, 0.2) is 17.3 Å². The SMILES string of the molecule is CCCCc1cc(C(C)=O)cc(CCCC)c1O[C@]12CCC[C@@H]([C@H](Oc3cc(CCCC)c(C(C)=O)c(CCCC)c3)C1)N2C. The number of carbonyl (C=O) groups is 2. The van der Waals surface area contributed by atoms with Gasteiger partial charge in [0.25, 0.3) is 0 Å². The standard InChI is InChI=1S/C40H59NO4/c1-8-12-17-30-25-35(26-31(18-13-9-2)38(30)29(6)43)44-37-27-40(22-16-21-36(37)41(40)7)45-39-32(19-14-10-3)23-34(28(5)42)24-33(39)20-15-11-4/h23-26,36-37H,8-22,27H2,1-7H3/t36-,37+,40+/m0/s1. The molecule has 0 aromatic heterocycles. The summed E-state index contributed by atoms with van der Waals surface area (Å²) in [6, 6.07) is 8.76. The van der Waals surface area contributed by atoms with Crippen LogP contribution in [0, 0.1) is 0 Å². The molecule has 2 aromatic rings. The molecule has 248 valence electrons. The molecule has 2 bridgehead atoms. The number of carbonyl (C=O) groups excluding carboxylic acids is 2. The highest BCUT2D eigenvalue weighted by atomic mass is 16.5. The van der Waals surface area contributed by atoms with Crippen LogP contribution in [0.1, 0.15) is 162 Å². The van der Waals surface area contributed by atoms with Gasteiger partial charge in [-0.15, -0.1) is 0 Å². The Bertz CT molecular complexity index is 1260. The summed E-state index contributed by atoms with van der Waals surface area (Å²) in [5, 5.41) is 0. The van der Waals surface area contributed by atoms with Crippen molar-refractivity contribution in [2.75, 3.05) is 7.05 Å². The summed E-state index contributed by atoms with van der Waals surface area (Å²) >= 11 is 0. The van der Waals surface area contributed by atoms with Crippen molar-refractivity contribution >= 4 is 11.6 Å². The van der Waals surface area contributed by atoms with E-state index >= 15 is 0 Å². The number of likely N-dealkylation sites (N-methyl/N-ethyl adjacent to an activating group) is 1. The molecular formula is C40H59NO4. The summed E-state index contributed by atoms with van der Waals surface area (Å²) < 4.78 is 14.3. The highest BCUT2D eigenvalue weighted by molar-refractivity contribution is 5.97. The average molecular weight is 618 g/mol. The normalized spacial score (nSPS) is 21.2. The van der Waals surface area contributed by atoms with Gasteiger partial charge < -0.3 is 9.47 Å². The molecule has 2 aromatic carbocycles. The van der Waals surface area contributed by atoms with E-state index in [1.165, 1.54) is 11.1 Å². The van der Waals surface area contributed by atoms with E-state index in [2.05, 4.69) is 63.9 Å². The number of rotatable bonds is 18. The molecule has 0 N–H and O–H groups in total. The molecule has 5 heteroatoms. The van der Waals surface area contributed by atoms with Gasteiger partial charge in [0.05, 0.1) is 6.04 Å². The molecule has 0 spiro atoms. The first-order valence-corrected chi connectivity index (χ1v) is 18.1. The van der Waals surface area contributed by atoms with Gasteiger partial charge in [-0.2, -0.15) is 0 Å². The van der Waals surface area contributed by atoms with Gasteiger partial charge in [0, 0.05) is 24.0 Å². The summed E-state index contributed by atoms with van der Waals surface area (Å²) in [5.74, 6) is 2.18. The number of nitrogens with zero attached hydrogens (tertiary/aromatic N) is 1. The van der Waals surface area contributed by atoms with E-state index in [-0.39, 0.29) is 23.7 Å². The lowest BCUT2D eigenvalue weighted by Gasteiger charge is -2.42. The fourth-order valence-electron chi connectivity index (χ4n) is 7.62. The van der Waals surface area contributed by atoms with Gasteiger partial charge >= 0.3 is 0 Å². The minimum atomic E-state index is -0.442. The fraction of sp³-hybridized carbons (Fsp3) is 0.650. The lowest BCUT2D eigenvalue weighted by Crippen LogP contribution is -2.52. The molecule has 0 saturated carbocycles. The van der Waals surface area contributed by atoms with E-state index in [4.69, 9.17) is 9.47 Å². The van der Waals surface area contributed by atoms with Crippen LogP contribution in [0.3, 0.4) is 0 Å². The third-order valence-electron chi connectivity index (χ3n) is 10.2. The molecule has 2 heterocycles. The molecule has 0 amide bonds. The van der Waals surface area contributed by atoms with E-state index in [0.29, 0.717) is 0 Å². The minimum Gasteiger partial charge on any atom is -0.489 e. The highest BCUT2D eigenvalue weighted by Gasteiger charge is 2.55. The van der Waals surface area contributed by atoms with Crippen molar-refractivity contribution in [3.8, 4) is 11.5 Å². The van der Waals surface area contributed by atoms with Crippen LogP contribution in [0.5, 0.6) is 11.5 Å². The van der Waals surface area contributed by atoms with Gasteiger partial charge in [-0.3, -0.25) is 14.5 Å². The topological polar surface area (TPSA) is 55.8 Å². The molecule has 0 unspecified atom stereocenters. The number of unbranched alkanes of at least 4 members (excludes halogenated alkanes) is 4. The third kappa shape index (κ3) is 8.20. The monoisotopic (exact) mass is 617 g/mol. The average Bonchev–Trinajstić information content (AvgIpc) is 3.13. The van der Waals surface area contributed by atoms with E-state index < -0.39 is 5.72 Å². The summed E-state index contributed by atoms with van der Waals surface area (Å²) in [7, 11) is 2.22. The van der Waals surface area contributed by atoms with E-state index in [1.54, 1.807) is 13.8 Å². The Morgan fingerprint density at radius 1 is 0.778 bits per heavy atom. The largest absolute Gasteiger partial charge is 0.489 e. The van der Waals surface area contributed by atoms with Crippen LogP contribution in [-0.2, 0) is 25.7 Å². The first-order chi connectivity index (χ1) is 21.7. The number of ketones is 2. The van der Waals surface area contributed by atoms with Crippen LogP contribution in [0.2, 0.25) is 0 Å². The van der Waals surface area contributed by atoms with Crippen molar-refractivity contribution < 1.29 is 19.1 Å². The maximum atomic E-state index is 12.8. The number of hydrogen-bond acceptors (Lipinski definition) is 5. The van der Waals surface area contributed by atoms with E-state index in [9.17, 15) is 9.59 Å². The van der Waals surface area contributed by atoms with Crippen molar-refractivity contribution in [2.24, 2.45) is 0 Å². The van der Waals surface area contributed by atoms with Gasteiger partial charge in [-0.1, -0.05) is 53.4 Å². The molecule has 0 radical (unpaired) electrons. The lowest BCUT2D eigenvalue weighted by atomic mass is 9.91. The second-order valence-corrected chi connectivity index (χ2v) is 13.7. The Labute approximate surface area is 273 Å². The molecule has 3 atom stereocenters. The number of hydrogen-bond donors (Lipinski definition) is 0.